The van der Waals surface area contributed by atoms with Gasteiger partial charge < -0.3 is 10.6 Å². The van der Waals surface area contributed by atoms with E-state index in [0.29, 0.717) is 24.0 Å². The fourth-order valence-corrected chi connectivity index (χ4v) is 2.16. The minimum absolute atomic E-state index is 0.00961. The summed E-state index contributed by atoms with van der Waals surface area (Å²) in [5.74, 6) is 0. The molecular weight excluding hydrogens is 352 g/mol. The van der Waals surface area contributed by atoms with E-state index in [0.717, 1.165) is 12.8 Å². The lowest BCUT2D eigenvalue weighted by Gasteiger charge is -2.06. The zero-order chi connectivity index (χ0) is 20.8. The van der Waals surface area contributed by atoms with Gasteiger partial charge in [-0.1, -0.05) is 26.7 Å². The van der Waals surface area contributed by atoms with E-state index < -0.39 is 0 Å². The Bertz CT molecular complexity index is 853. The first-order valence-electron chi connectivity index (χ1n) is 8.71. The number of hydrogen-bond donors (Lipinski definition) is 2. The highest BCUT2D eigenvalue weighted by molar-refractivity contribution is 5.81. The first-order chi connectivity index (χ1) is 13.6. The molecule has 1 aliphatic rings. The lowest BCUT2D eigenvalue weighted by molar-refractivity contribution is 0.917. The molecule has 0 saturated heterocycles. The first kappa shape index (κ1) is 21.9. The van der Waals surface area contributed by atoms with Crippen LogP contribution in [0.3, 0.4) is 0 Å². The maximum absolute atomic E-state index is 9.36. The summed E-state index contributed by atoms with van der Waals surface area (Å²) < 4.78 is 0. The van der Waals surface area contributed by atoms with Crippen LogP contribution in [-0.2, 0) is 0 Å². The van der Waals surface area contributed by atoms with Gasteiger partial charge >= 0.3 is 0 Å². The summed E-state index contributed by atoms with van der Waals surface area (Å²) >= 11 is 0. The lowest BCUT2D eigenvalue weighted by Crippen LogP contribution is -2.10. The second kappa shape index (κ2) is 12.3. The average Bonchev–Trinajstić information content (AvgIpc) is 2.71. The third-order valence-corrected chi connectivity index (χ3v) is 3.51. The predicted molar refractivity (Wildman–Crippen MR) is 106 cm³/mol. The first-order valence-corrected chi connectivity index (χ1v) is 8.71. The fraction of sp³-hybridized carbons (Fsp3) is 0.300. The fourth-order valence-electron chi connectivity index (χ4n) is 2.16. The molecule has 2 N–H and O–H groups in total. The van der Waals surface area contributed by atoms with E-state index in [-0.39, 0.29) is 22.8 Å². The van der Waals surface area contributed by atoms with Crippen LogP contribution in [0.4, 0.5) is 0 Å². The van der Waals surface area contributed by atoms with E-state index in [4.69, 9.17) is 0 Å². The normalized spacial score (nSPS) is 26.1. The highest BCUT2D eigenvalue weighted by Gasteiger charge is 2.07. The Balaban J connectivity index is 3.59. The van der Waals surface area contributed by atoms with Gasteiger partial charge in [0.25, 0.3) is 0 Å². The summed E-state index contributed by atoms with van der Waals surface area (Å²) in [5, 5.41) is 43.0. The Labute approximate surface area is 164 Å². The van der Waals surface area contributed by atoms with Crippen LogP contribution < -0.4 is 10.6 Å². The highest BCUT2D eigenvalue weighted by atomic mass is 14.9. The van der Waals surface area contributed by atoms with Gasteiger partial charge in [0.05, 0.1) is 0 Å². The molecule has 0 atom stereocenters. The van der Waals surface area contributed by atoms with Gasteiger partial charge in [-0.3, -0.25) is 0 Å². The molecule has 8 nitrogen and oxygen atoms in total. The van der Waals surface area contributed by atoms with E-state index in [9.17, 15) is 21.0 Å². The Morgan fingerprint density at radius 1 is 0.714 bits per heavy atom. The standard InChI is InChI=1S/C20H20N8/c1-3-5-15-11-25-17(7-21)19(9-23)27-13-16(6-4-2)14-28-20(10-24)18(8-22)26-12-15/h11-14,25,28H,3-6H2,1-2H3/b15-11-,16-14-,19-17-,20-18-,26-12-,27-13+. The van der Waals surface area contributed by atoms with E-state index in [1.807, 2.05) is 38.1 Å². The molecule has 8 heteroatoms. The maximum atomic E-state index is 9.36. The van der Waals surface area contributed by atoms with Crippen molar-refractivity contribution in [3.05, 3.63) is 46.3 Å². The van der Waals surface area contributed by atoms with Gasteiger partial charge in [0.2, 0.25) is 0 Å². The van der Waals surface area contributed by atoms with Crippen molar-refractivity contribution in [1.82, 2.24) is 10.6 Å². The van der Waals surface area contributed by atoms with Crippen LogP contribution in [0.2, 0.25) is 0 Å². The molecule has 140 valence electrons. The Kier molecular flexibility index (Phi) is 9.58. The van der Waals surface area contributed by atoms with Crippen molar-refractivity contribution in [2.24, 2.45) is 9.98 Å². The van der Waals surface area contributed by atoms with Gasteiger partial charge in [-0.25, -0.2) is 9.98 Å². The van der Waals surface area contributed by atoms with Gasteiger partial charge in [-0.05, 0) is 24.0 Å². The summed E-state index contributed by atoms with van der Waals surface area (Å²) in [5.41, 5.74) is 1.30. The van der Waals surface area contributed by atoms with Crippen molar-refractivity contribution in [2.75, 3.05) is 0 Å². The van der Waals surface area contributed by atoms with E-state index >= 15 is 0 Å². The van der Waals surface area contributed by atoms with Crippen LogP contribution in [0.1, 0.15) is 39.5 Å². The summed E-state index contributed by atoms with van der Waals surface area (Å²) in [4.78, 5) is 8.23. The molecule has 0 amide bonds. The molecular formula is C20H20N8. The van der Waals surface area contributed by atoms with Gasteiger partial charge in [0.15, 0.2) is 22.8 Å². The molecule has 0 aliphatic carbocycles. The molecule has 0 aromatic carbocycles. The number of rotatable bonds is 4. The smallest absolute Gasteiger partial charge is 0.174 e. The van der Waals surface area contributed by atoms with Crippen molar-refractivity contribution >= 4 is 12.4 Å². The molecule has 0 spiro atoms. The SMILES string of the molecule is CCCC1=C/N\C(C#N)=C(C#N)/N=C/C(CCC)=C\N\C(C#N)=C(C#N)/N=C\1. The summed E-state index contributed by atoms with van der Waals surface area (Å²) in [6, 6.07) is 7.69. The number of hydrogen-bond acceptors (Lipinski definition) is 8. The number of allylic oxidation sites excluding steroid dienone is 6. The van der Waals surface area contributed by atoms with Crippen molar-refractivity contribution in [3.8, 4) is 24.3 Å². The van der Waals surface area contributed by atoms with Crippen LogP contribution >= 0.6 is 0 Å². The van der Waals surface area contributed by atoms with Crippen molar-refractivity contribution in [2.45, 2.75) is 39.5 Å². The molecule has 1 heterocycles. The molecule has 0 radical (unpaired) electrons. The maximum Gasteiger partial charge on any atom is 0.174 e. The zero-order valence-corrected chi connectivity index (χ0v) is 15.8. The molecule has 1 aliphatic heterocycles. The van der Waals surface area contributed by atoms with Crippen molar-refractivity contribution < 1.29 is 0 Å². The topological polar surface area (TPSA) is 144 Å². The second-order valence-electron chi connectivity index (χ2n) is 5.64. The molecule has 0 bridgehead atoms. The summed E-state index contributed by atoms with van der Waals surface area (Å²) in [7, 11) is 0. The van der Waals surface area contributed by atoms with Gasteiger partial charge in [-0.2, -0.15) is 21.0 Å². The van der Waals surface area contributed by atoms with Crippen LogP contribution in [0, 0.1) is 45.3 Å². The van der Waals surface area contributed by atoms with E-state index in [1.165, 1.54) is 12.4 Å². The van der Waals surface area contributed by atoms with Crippen molar-refractivity contribution in [3.63, 3.8) is 0 Å². The minimum Gasteiger partial charge on any atom is -0.350 e. The van der Waals surface area contributed by atoms with Crippen LogP contribution in [0.15, 0.2) is 56.3 Å². The molecule has 0 aromatic rings. The van der Waals surface area contributed by atoms with Crippen LogP contribution in [0.5, 0.6) is 0 Å². The summed E-state index contributed by atoms with van der Waals surface area (Å²) in [6.07, 6.45) is 8.84. The quantitative estimate of drug-likeness (QED) is 0.775. The number of nitriles is 4. The number of aliphatic imine (C=N–C) groups is 2. The van der Waals surface area contributed by atoms with Crippen LogP contribution in [0.25, 0.3) is 0 Å². The Hall–Kier alpha value is -4.14. The number of nitrogens with one attached hydrogen (secondary N) is 2. The van der Waals surface area contributed by atoms with Gasteiger partial charge in [-0.15, -0.1) is 0 Å². The second-order valence-corrected chi connectivity index (χ2v) is 5.64. The van der Waals surface area contributed by atoms with Crippen molar-refractivity contribution in [1.29, 1.82) is 21.0 Å². The summed E-state index contributed by atoms with van der Waals surface area (Å²) in [6.45, 7) is 3.94. The van der Waals surface area contributed by atoms with Gasteiger partial charge in [0, 0.05) is 24.8 Å². The molecule has 0 aromatic heterocycles. The lowest BCUT2D eigenvalue weighted by atomic mass is 10.1. The van der Waals surface area contributed by atoms with Gasteiger partial charge in [0.1, 0.15) is 24.3 Å². The number of nitrogens with zero attached hydrogens (tertiary/aromatic N) is 6. The Morgan fingerprint density at radius 2 is 1.11 bits per heavy atom. The van der Waals surface area contributed by atoms with E-state index in [1.54, 1.807) is 12.4 Å². The van der Waals surface area contributed by atoms with Crippen LogP contribution in [-0.4, -0.2) is 12.4 Å². The average molecular weight is 372 g/mol. The monoisotopic (exact) mass is 372 g/mol. The molecule has 0 saturated carbocycles. The highest BCUT2D eigenvalue weighted by Crippen LogP contribution is 2.10. The largest absolute Gasteiger partial charge is 0.350 e. The Morgan fingerprint density at radius 3 is 1.39 bits per heavy atom. The molecule has 0 fully saturated rings. The molecule has 1 rings (SSSR count). The third-order valence-electron chi connectivity index (χ3n) is 3.51. The molecule has 0 unspecified atom stereocenters. The molecule has 28 heavy (non-hydrogen) atoms. The zero-order valence-electron chi connectivity index (χ0n) is 15.8. The minimum atomic E-state index is -0.0561. The third kappa shape index (κ3) is 6.64. The predicted octanol–water partition coefficient (Wildman–Crippen LogP) is 3.21. The van der Waals surface area contributed by atoms with E-state index in [2.05, 4.69) is 20.6 Å².